The molecule has 23 heavy (non-hydrogen) atoms. The molecule has 0 saturated heterocycles. The summed E-state index contributed by atoms with van der Waals surface area (Å²) >= 11 is 1.69. The van der Waals surface area contributed by atoms with E-state index >= 15 is 0 Å². The summed E-state index contributed by atoms with van der Waals surface area (Å²) in [4.78, 5) is 12.6. The van der Waals surface area contributed by atoms with Crippen LogP contribution in [0.2, 0.25) is 0 Å². The second-order valence-corrected chi connectivity index (χ2v) is 6.76. The van der Waals surface area contributed by atoms with Crippen LogP contribution in [0.15, 0.2) is 23.2 Å². The maximum atomic E-state index is 11.5. The zero-order valence-electron chi connectivity index (χ0n) is 13.6. The van der Waals surface area contributed by atoms with E-state index in [4.69, 9.17) is 4.74 Å². The Morgan fingerprint density at radius 3 is 2.87 bits per heavy atom. The van der Waals surface area contributed by atoms with E-state index in [1.807, 2.05) is 25.3 Å². The zero-order valence-corrected chi connectivity index (χ0v) is 14.4. The minimum absolute atomic E-state index is 0.143. The van der Waals surface area contributed by atoms with Crippen molar-refractivity contribution in [3.63, 3.8) is 0 Å². The standard InChI is InChI=1S/C17H23N3O2S/c1-3-16(21)19-11-4-6-12(7-5-11)22-15-9-8-14-13(10-18-20-14)17(15)23-2/h8-12H,3-7H2,1-2H3,(H,18,20)(H,19,21). The van der Waals surface area contributed by atoms with E-state index in [1.165, 1.54) is 0 Å². The van der Waals surface area contributed by atoms with Crippen LogP contribution >= 0.6 is 11.8 Å². The van der Waals surface area contributed by atoms with Crippen molar-refractivity contribution in [2.45, 2.75) is 56.1 Å². The topological polar surface area (TPSA) is 67.0 Å². The van der Waals surface area contributed by atoms with Crippen molar-refractivity contribution in [1.29, 1.82) is 0 Å². The predicted molar refractivity (Wildman–Crippen MR) is 93.0 cm³/mol. The van der Waals surface area contributed by atoms with Crippen LogP contribution in [0.5, 0.6) is 5.75 Å². The fraction of sp³-hybridized carbons (Fsp3) is 0.529. The molecule has 0 radical (unpaired) electrons. The number of ether oxygens (including phenoxy) is 1. The average Bonchev–Trinajstić information content (AvgIpc) is 3.05. The third-order valence-corrected chi connectivity index (χ3v) is 5.23. The number of fused-ring (bicyclic) bond motifs is 1. The highest BCUT2D eigenvalue weighted by Crippen LogP contribution is 2.36. The van der Waals surface area contributed by atoms with Gasteiger partial charge in [0.15, 0.2) is 0 Å². The molecule has 1 heterocycles. The van der Waals surface area contributed by atoms with Gasteiger partial charge < -0.3 is 10.1 Å². The molecule has 1 fully saturated rings. The molecular weight excluding hydrogens is 310 g/mol. The lowest BCUT2D eigenvalue weighted by atomic mass is 9.93. The van der Waals surface area contributed by atoms with Crippen LogP contribution in [-0.2, 0) is 4.79 Å². The van der Waals surface area contributed by atoms with Gasteiger partial charge in [-0.3, -0.25) is 9.89 Å². The van der Waals surface area contributed by atoms with Crippen molar-refractivity contribution in [2.75, 3.05) is 6.26 Å². The third-order valence-electron chi connectivity index (χ3n) is 4.40. The second-order valence-electron chi connectivity index (χ2n) is 5.94. The monoisotopic (exact) mass is 333 g/mol. The number of carbonyl (C=O) groups excluding carboxylic acids is 1. The number of aromatic amines is 1. The summed E-state index contributed by atoms with van der Waals surface area (Å²) in [5.74, 6) is 1.08. The quantitative estimate of drug-likeness (QED) is 0.822. The third kappa shape index (κ3) is 3.63. The van der Waals surface area contributed by atoms with Crippen LogP contribution in [0.25, 0.3) is 10.9 Å². The molecule has 1 aliphatic rings. The normalized spacial score (nSPS) is 21.3. The van der Waals surface area contributed by atoms with Crippen LogP contribution in [-0.4, -0.2) is 34.5 Å². The van der Waals surface area contributed by atoms with E-state index in [2.05, 4.69) is 21.8 Å². The molecule has 1 aromatic carbocycles. The number of aromatic nitrogens is 2. The molecular formula is C17H23N3O2S. The Bertz CT molecular complexity index is 678. The molecule has 1 saturated carbocycles. The highest BCUT2D eigenvalue weighted by atomic mass is 32.2. The van der Waals surface area contributed by atoms with E-state index in [0.717, 1.165) is 47.2 Å². The number of carbonyl (C=O) groups is 1. The molecule has 5 nitrogen and oxygen atoms in total. The van der Waals surface area contributed by atoms with Crippen LogP contribution < -0.4 is 10.1 Å². The number of nitrogens with one attached hydrogen (secondary N) is 2. The Morgan fingerprint density at radius 1 is 1.39 bits per heavy atom. The SMILES string of the molecule is CCC(=O)NC1CCC(Oc2ccc3[nH]ncc3c2SC)CC1. The summed E-state index contributed by atoms with van der Waals surface area (Å²) in [7, 11) is 0. The highest BCUT2D eigenvalue weighted by Gasteiger charge is 2.24. The number of benzene rings is 1. The van der Waals surface area contributed by atoms with Gasteiger partial charge in [-0.05, 0) is 44.1 Å². The van der Waals surface area contributed by atoms with E-state index in [-0.39, 0.29) is 12.0 Å². The fourth-order valence-electron chi connectivity index (χ4n) is 3.11. The Labute approximate surface area is 140 Å². The number of hydrogen-bond acceptors (Lipinski definition) is 4. The van der Waals surface area contributed by atoms with Gasteiger partial charge >= 0.3 is 0 Å². The minimum atomic E-state index is 0.143. The van der Waals surface area contributed by atoms with Gasteiger partial charge in [0.2, 0.25) is 5.91 Å². The van der Waals surface area contributed by atoms with Crippen LogP contribution in [0.3, 0.4) is 0 Å². The maximum Gasteiger partial charge on any atom is 0.219 e. The Kier molecular flexibility index (Phi) is 5.10. The predicted octanol–water partition coefficient (Wildman–Crippen LogP) is 3.50. The molecule has 0 aliphatic heterocycles. The van der Waals surface area contributed by atoms with Crippen LogP contribution in [0.4, 0.5) is 0 Å². The van der Waals surface area contributed by atoms with Gasteiger partial charge in [0.1, 0.15) is 5.75 Å². The van der Waals surface area contributed by atoms with Crippen molar-refractivity contribution in [3.05, 3.63) is 18.3 Å². The molecule has 1 aliphatic carbocycles. The number of H-pyrrole nitrogens is 1. The smallest absolute Gasteiger partial charge is 0.219 e. The second kappa shape index (κ2) is 7.25. The average molecular weight is 333 g/mol. The molecule has 2 N–H and O–H groups in total. The molecule has 0 spiro atoms. The first kappa shape index (κ1) is 16.2. The molecule has 3 rings (SSSR count). The molecule has 1 amide bonds. The number of hydrogen-bond donors (Lipinski definition) is 2. The van der Waals surface area contributed by atoms with Gasteiger partial charge in [-0.2, -0.15) is 5.10 Å². The van der Waals surface area contributed by atoms with E-state index in [1.54, 1.807) is 11.8 Å². The van der Waals surface area contributed by atoms with E-state index in [9.17, 15) is 4.79 Å². The Balaban J connectivity index is 1.63. The largest absolute Gasteiger partial charge is 0.489 e. The van der Waals surface area contributed by atoms with Crippen molar-refractivity contribution >= 4 is 28.6 Å². The van der Waals surface area contributed by atoms with Crippen LogP contribution in [0.1, 0.15) is 39.0 Å². The first-order valence-corrected chi connectivity index (χ1v) is 9.39. The first-order valence-electron chi connectivity index (χ1n) is 8.17. The van der Waals surface area contributed by atoms with Gasteiger partial charge in [-0.1, -0.05) is 6.92 Å². The Hall–Kier alpha value is -1.69. The zero-order chi connectivity index (χ0) is 16.2. The van der Waals surface area contributed by atoms with Gasteiger partial charge in [0, 0.05) is 17.8 Å². The van der Waals surface area contributed by atoms with Crippen molar-refractivity contribution in [3.8, 4) is 5.75 Å². The maximum absolute atomic E-state index is 11.5. The molecule has 1 aromatic heterocycles. The summed E-state index contributed by atoms with van der Waals surface area (Å²) in [6, 6.07) is 4.35. The van der Waals surface area contributed by atoms with Gasteiger partial charge in [0.25, 0.3) is 0 Å². The van der Waals surface area contributed by atoms with Crippen molar-refractivity contribution in [2.24, 2.45) is 0 Å². The molecule has 0 bridgehead atoms. The summed E-state index contributed by atoms with van der Waals surface area (Å²) in [6.45, 7) is 1.89. The van der Waals surface area contributed by atoms with Crippen molar-refractivity contribution in [1.82, 2.24) is 15.5 Å². The van der Waals surface area contributed by atoms with E-state index in [0.29, 0.717) is 12.5 Å². The van der Waals surface area contributed by atoms with Gasteiger partial charge in [0.05, 0.1) is 22.7 Å². The number of amides is 1. The number of thioether (sulfide) groups is 1. The fourth-order valence-corrected chi connectivity index (χ4v) is 3.81. The van der Waals surface area contributed by atoms with Gasteiger partial charge in [-0.25, -0.2) is 0 Å². The molecule has 2 aromatic rings. The molecule has 124 valence electrons. The number of rotatable bonds is 5. The lowest BCUT2D eigenvalue weighted by Gasteiger charge is -2.30. The summed E-state index contributed by atoms with van der Waals surface area (Å²) in [5.41, 5.74) is 1.03. The molecule has 6 heteroatoms. The first-order chi connectivity index (χ1) is 11.2. The lowest BCUT2D eigenvalue weighted by Crippen LogP contribution is -2.39. The molecule has 0 unspecified atom stereocenters. The number of nitrogens with zero attached hydrogens (tertiary/aromatic N) is 1. The Morgan fingerprint density at radius 2 is 2.17 bits per heavy atom. The lowest BCUT2D eigenvalue weighted by molar-refractivity contribution is -0.121. The highest BCUT2D eigenvalue weighted by molar-refractivity contribution is 7.99. The van der Waals surface area contributed by atoms with Crippen LogP contribution in [0, 0.1) is 0 Å². The summed E-state index contributed by atoms with van der Waals surface area (Å²) in [6.07, 6.45) is 8.62. The van der Waals surface area contributed by atoms with Gasteiger partial charge in [-0.15, -0.1) is 11.8 Å². The minimum Gasteiger partial charge on any atom is -0.489 e. The van der Waals surface area contributed by atoms with Crippen molar-refractivity contribution < 1.29 is 9.53 Å². The van der Waals surface area contributed by atoms with E-state index < -0.39 is 0 Å². The summed E-state index contributed by atoms with van der Waals surface area (Å²) < 4.78 is 6.26. The molecule has 0 atom stereocenters. The summed E-state index contributed by atoms with van der Waals surface area (Å²) in [5, 5.41) is 11.3.